The van der Waals surface area contributed by atoms with Crippen LogP contribution < -0.4 is 10.1 Å². The Labute approximate surface area is 122 Å². The molecule has 110 valence electrons. The predicted molar refractivity (Wildman–Crippen MR) is 75.8 cm³/mol. The van der Waals surface area contributed by atoms with Crippen molar-refractivity contribution in [1.29, 1.82) is 0 Å². The van der Waals surface area contributed by atoms with Gasteiger partial charge >= 0.3 is 0 Å². The summed E-state index contributed by atoms with van der Waals surface area (Å²) in [6.07, 6.45) is 3.00. The van der Waals surface area contributed by atoms with Gasteiger partial charge in [-0.05, 0) is 25.0 Å². The normalized spacial score (nSPS) is 14.0. The van der Waals surface area contributed by atoms with Crippen molar-refractivity contribution in [2.24, 2.45) is 0 Å². The van der Waals surface area contributed by atoms with Gasteiger partial charge in [0.05, 0.1) is 7.11 Å². The monoisotopic (exact) mass is 287 g/mol. The maximum Gasteiger partial charge on any atom is 0.227 e. The Morgan fingerprint density at radius 3 is 3.10 bits per heavy atom. The van der Waals surface area contributed by atoms with E-state index in [0.717, 1.165) is 24.2 Å². The summed E-state index contributed by atoms with van der Waals surface area (Å²) in [6.45, 7) is 0. The molecule has 1 aromatic heterocycles. The number of amides is 1. The number of carbonyl (C=O) groups excluding carboxylic acids is 1. The third-order valence-electron chi connectivity index (χ3n) is 3.30. The lowest BCUT2D eigenvalue weighted by Crippen LogP contribution is -2.25. The van der Waals surface area contributed by atoms with E-state index in [9.17, 15) is 4.79 Å². The zero-order valence-corrected chi connectivity index (χ0v) is 11.8. The standard InChI is InChI=1S/C15H17N3O3/c1-20-12-4-2-3-10(9-12)15-17-14(21-18-15)8-7-13(19)16-11-5-6-11/h2-4,9,11H,5-8H2,1H3,(H,16,19). The van der Waals surface area contributed by atoms with Gasteiger partial charge in [-0.15, -0.1) is 0 Å². The molecule has 0 saturated heterocycles. The molecule has 1 saturated carbocycles. The number of carbonyl (C=O) groups is 1. The van der Waals surface area contributed by atoms with Crippen LogP contribution in [0.1, 0.15) is 25.2 Å². The Kier molecular flexibility index (Phi) is 3.85. The molecule has 1 aromatic carbocycles. The minimum atomic E-state index is 0.0404. The molecule has 0 atom stereocenters. The summed E-state index contributed by atoms with van der Waals surface area (Å²) in [4.78, 5) is 15.9. The lowest BCUT2D eigenvalue weighted by molar-refractivity contribution is -0.121. The fourth-order valence-electron chi connectivity index (χ4n) is 1.98. The van der Waals surface area contributed by atoms with Crippen molar-refractivity contribution in [2.75, 3.05) is 7.11 Å². The average molecular weight is 287 g/mol. The summed E-state index contributed by atoms with van der Waals surface area (Å²) in [5.74, 6) is 1.76. The summed E-state index contributed by atoms with van der Waals surface area (Å²) in [5, 5.41) is 6.87. The number of benzene rings is 1. The molecule has 0 spiro atoms. The van der Waals surface area contributed by atoms with Gasteiger partial charge in [-0.3, -0.25) is 4.79 Å². The molecule has 1 aliphatic rings. The van der Waals surface area contributed by atoms with Crippen molar-refractivity contribution in [2.45, 2.75) is 31.7 Å². The number of hydrogen-bond donors (Lipinski definition) is 1. The molecule has 0 unspecified atom stereocenters. The van der Waals surface area contributed by atoms with E-state index < -0.39 is 0 Å². The van der Waals surface area contributed by atoms with Crippen LogP contribution in [0.25, 0.3) is 11.4 Å². The largest absolute Gasteiger partial charge is 0.497 e. The van der Waals surface area contributed by atoms with Crippen LogP contribution in [-0.2, 0) is 11.2 Å². The van der Waals surface area contributed by atoms with E-state index in [4.69, 9.17) is 9.26 Å². The number of nitrogens with one attached hydrogen (secondary N) is 1. The first-order chi connectivity index (χ1) is 10.2. The lowest BCUT2D eigenvalue weighted by atomic mass is 10.2. The number of aromatic nitrogens is 2. The highest BCUT2D eigenvalue weighted by Crippen LogP contribution is 2.22. The van der Waals surface area contributed by atoms with Crippen LogP contribution in [0.5, 0.6) is 5.75 Å². The van der Waals surface area contributed by atoms with Crippen molar-refractivity contribution in [3.05, 3.63) is 30.2 Å². The maximum atomic E-state index is 11.6. The van der Waals surface area contributed by atoms with E-state index in [1.54, 1.807) is 7.11 Å². The molecule has 0 aliphatic heterocycles. The van der Waals surface area contributed by atoms with Crippen LogP contribution in [0, 0.1) is 0 Å². The van der Waals surface area contributed by atoms with Crippen LogP contribution in [-0.4, -0.2) is 29.2 Å². The molecule has 6 nitrogen and oxygen atoms in total. The topological polar surface area (TPSA) is 77.2 Å². The smallest absolute Gasteiger partial charge is 0.227 e. The first-order valence-electron chi connectivity index (χ1n) is 7.01. The van der Waals surface area contributed by atoms with E-state index in [0.29, 0.717) is 30.6 Å². The SMILES string of the molecule is COc1cccc(-c2noc(CCC(=O)NC3CC3)n2)c1. The summed E-state index contributed by atoms with van der Waals surface area (Å²) >= 11 is 0. The third-order valence-corrected chi connectivity index (χ3v) is 3.30. The fourth-order valence-corrected chi connectivity index (χ4v) is 1.98. The number of rotatable bonds is 6. The highest BCUT2D eigenvalue weighted by Gasteiger charge is 2.23. The van der Waals surface area contributed by atoms with Gasteiger partial charge in [0, 0.05) is 24.4 Å². The van der Waals surface area contributed by atoms with E-state index in [-0.39, 0.29) is 5.91 Å². The number of ether oxygens (including phenoxy) is 1. The summed E-state index contributed by atoms with van der Waals surface area (Å²) in [7, 11) is 1.61. The Hall–Kier alpha value is -2.37. The Balaban J connectivity index is 1.60. The van der Waals surface area contributed by atoms with Crippen LogP contribution in [0.15, 0.2) is 28.8 Å². The molecule has 1 N–H and O–H groups in total. The van der Waals surface area contributed by atoms with Gasteiger partial charge in [-0.1, -0.05) is 17.3 Å². The Bertz CT molecular complexity index is 635. The Morgan fingerprint density at radius 1 is 1.48 bits per heavy atom. The molecule has 1 aliphatic carbocycles. The second-order valence-electron chi connectivity index (χ2n) is 5.09. The number of aryl methyl sites for hydroxylation is 1. The van der Waals surface area contributed by atoms with E-state index in [2.05, 4.69) is 15.5 Å². The van der Waals surface area contributed by atoms with E-state index in [1.165, 1.54) is 0 Å². The third kappa shape index (κ3) is 3.59. The van der Waals surface area contributed by atoms with Crippen molar-refractivity contribution in [3.63, 3.8) is 0 Å². The van der Waals surface area contributed by atoms with Crippen molar-refractivity contribution < 1.29 is 14.1 Å². The van der Waals surface area contributed by atoms with Crippen LogP contribution in [0.3, 0.4) is 0 Å². The zero-order valence-electron chi connectivity index (χ0n) is 11.8. The van der Waals surface area contributed by atoms with Gasteiger partial charge in [-0.2, -0.15) is 4.98 Å². The molecule has 0 radical (unpaired) electrons. The Morgan fingerprint density at radius 2 is 2.33 bits per heavy atom. The van der Waals surface area contributed by atoms with Crippen molar-refractivity contribution in [3.8, 4) is 17.1 Å². The second-order valence-corrected chi connectivity index (χ2v) is 5.09. The number of nitrogens with zero attached hydrogens (tertiary/aromatic N) is 2. The number of hydrogen-bond acceptors (Lipinski definition) is 5. The first-order valence-corrected chi connectivity index (χ1v) is 7.01. The zero-order chi connectivity index (χ0) is 14.7. The van der Waals surface area contributed by atoms with Crippen molar-refractivity contribution >= 4 is 5.91 Å². The van der Waals surface area contributed by atoms with E-state index >= 15 is 0 Å². The van der Waals surface area contributed by atoms with Gasteiger partial charge in [-0.25, -0.2) is 0 Å². The highest BCUT2D eigenvalue weighted by molar-refractivity contribution is 5.76. The van der Waals surface area contributed by atoms with Crippen LogP contribution >= 0.6 is 0 Å². The summed E-state index contributed by atoms with van der Waals surface area (Å²) in [5.41, 5.74) is 0.826. The van der Waals surface area contributed by atoms with Gasteiger partial charge in [0.2, 0.25) is 17.6 Å². The summed E-state index contributed by atoms with van der Waals surface area (Å²) < 4.78 is 10.3. The predicted octanol–water partition coefficient (Wildman–Crippen LogP) is 1.96. The van der Waals surface area contributed by atoms with Gasteiger partial charge in [0.25, 0.3) is 0 Å². The quantitative estimate of drug-likeness (QED) is 0.878. The maximum absolute atomic E-state index is 11.6. The van der Waals surface area contributed by atoms with E-state index in [1.807, 2.05) is 24.3 Å². The van der Waals surface area contributed by atoms with Crippen LogP contribution in [0.4, 0.5) is 0 Å². The van der Waals surface area contributed by atoms with Crippen LogP contribution in [0.2, 0.25) is 0 Å². The molecule has 1 fully saturated rings. The summed E-state index contributed by atoms with van der Waals surface area (Å²) in [6, 6.07) is 7.83. The molecule has 0 bridgehead atoms. The molecule has 1 amide bonds. The molecular formula is C15H17N3O3. The van der Waals surface area contributed by atoms with Gasteiger partial charge < -0.3 is 14.6 Å². The molecule has 21 heavy (non-hydrogen) atoms. The number of methoxy groups -OCH3 is 1. The highest BCUT2D eigenvalue weighted by atomic mass is 16.5. The minimum Gasteiger partial charge on any atom is -0.497 e. The minimum absolute atomic E-state index is 0.0404. The lowest BCUT2D eigenvalue weighted by Gasteiger charge is -2.00. The first kappa shape index (κ1) is 13.6. The average Bonchev–Trinajstić information content (AvgIpc) is 3.19. The molecule has 6 heteroatoms. The molecule has 3 rings (SSSR count). The van der Waals surface area contributed by atoms with Gasteiger partial charge in [0.1, 0.15) is 5.75 Å². The second kappa shape index (κ2) is 5.95. The van der Waals surface area contributed by atoms with Gasteiger partial charge in [0.15, 0.2) is 0 Å². The molecular weight excluding hydrogens is 270 g/mol. The molecule has 1 heterocycles. The fraction of sp³-hybridized carbons (Fsp3) is 0.400. The molecule has 2 aromatic rings. The van der Waals surface area contributed by atoms with Crippen molar-refractivity contribution in [1.82, 2.24) is 15.5 Å².